The van der Waals surface area contributed by atoms with Gasteiger partial charge in [-0.15, -0.1) is 0 Å². The van der Waals surface area contributed by atoms with E-state index in [0.29, 0.717) is 5.41 Å². The first kappa shape index (κ1) is 14.9. The van der Waals surface area contributed by atoms with Gasteiger partial charge in [-0.2, -0.15) is 0 Å². The Morgan fingerprint density at radius 2 is 1.93 bits per heavy atom. The predicted octanol–water partition coefficient (Wildman–Crippen LogP) is 3.07. The maximum absolute atomic E-state index is 4.99. The molecule has 0 saturated heterocycles. The van der Waals surface area contributed by atoms with Gasteiger partial charge in [0, 0.05) is 13.7 Å². The molecule has 0 aliphatic carbocycles. The zero-order valence-electron chi connectivity index (χ0n) is 11.2. The molecular formula is C13H29NO. The molecule has 0 radical (unpaired) electrons. The second-order valence-electron chi connectivity index (χ2n) is 5.75. The molecule has 0 bridgehead atoms. The fraction of sp³-hybridized carbons (Fsp3) is 1.00. The molecule has 0 aromatic heterocycles. The maximum Gasteiger partial charge on any atom is 0.0587 e. The zero-order chi connectivity index (χ0) is 11.7. The van der Waals surface area contributed by atoms with Gasteiger partial charge in [0.1, 0.15) is 0 Å². The number of rotatable bonds is 8. The highest BCUT2D eigenvalue weighted by molar-refractivity contribution is 4.64. The highest BCUT2D eigenvalue weighted by atomic mass is 16.5. The van der Waals surface area contributed by atoms with E-state index >= 15 is 0 Å². The quantitative estimate of drug-likeness (QED) is 0.628. The van der Waals surface area contributed by atoms with E-state index in [1.807, 2.05) is 0 Å². The molecule has 0 aliphatic rings. The van der Waals surface area contributed by atoms with Crippen LogP contribution >= 0.6 is 0 Å². The van der Waals surface area contributed by atoms with Gasteiger partial charge in [-0.1, -0.05) is 34.1 Å². The van der Waals surface area contributed by atoms with Crippen molar-refractivity contribution in [1.82, 2.24) is 5.32 Å². The van der Waals surface area contributed by atoms with Crippen LogP contribution in [0, 0.1) is 11.3 Å². The van der Waals surface area contributed by atoms with Gasteiger partial charge in [0.2, 0.25) is 0 Å². The summed E-state index contributed by atoms with van der Waals surface area (Å²) in [6.45, 7) is 12.2. The Morgan fingerprint density at radius 3 is 2.47 bits per heavy atom. The van der Waals surface area contributed by atoms with E-state index in [9.17, 15) is 0 Å². The molecule has 2 heteroatoms. The molecule has 0 aromatic carbocycles. The van der Waals surface area contributed by atoms with Gasteiger partial charge in [0.25, 0.3) is 0 Å². The van der Waals surface area contributed by atoms with E-state index < -0.39 is 0 Å². The van der Waals surface area contributed by atoms with Crippen LogP contribution in [0.3, 0.4) is 0 Å². The van der Waals surface area contributed by atoms with Crippen molar-refractivity contribution < 1.29 is 4.74 Å². The van der Waals surface area contributed by atoms with Gasteiger partial charge in [0.05, 0.1) is 6.61 Å². The average Bonchev–Trinajstić information content (AvgIpc) is 2.10. The third kappa shape index (κ3) is 11.8. The predicted molar refractivity (Wildman–Crippen MR) is 67.2 cm³/mol. The van der Waals surface area contributed by atoms with Gasteiger partial charge in [-0.05, 0) is 30.7 Å². The van der Waals surface area contributed by atoms with E-state index in [2.05, 4.69) is 33.0 Å². The van der Waals surface area contributed by atoms with Crippen molar-refractivity contribution >= 4 is 0 Å². The van der Waals surface area contributed by atoms with Crippen molar-refractivity contribution in [2.24, 2.45) is 11.3 Å². The number of nitrogens with one attached hydrogen (secondary N) is 1. The second kappa shape index (κ2) is 8.12. The number of ether oxygens (including phenoxy) is 1. The molecule has 0 aromatic rings. The van der Waals surface area contributed by atoms with Crippen LogP contribution in [0.5, 0.6) is 0 Å². The Hall–Kier alpha value is -0.0800. The highest BCUT2D eigenvalue weighted by Crippen LogP contribution is 2.22. The van der Waals surface area contributed by atoms with Crippen LogP contribution in [0.1, 0.15) is 47.0 Å². The summed E-state index contributed by atoms with van der Waals surface area (Å²) in [5.41, 5.74) is 0.489. The monoisotopic (exact) mass is 215 g/mol. The Balaban J connectivity index is 3.29. The minimum absolute atomic E-state index is 0.489. The summed E-state index contributed by atoms with van der Waals surface area (Å²) in [5.74, 6) is 0.782. The third-order valence-electron chi connectivity index (χ3n) is 2.60. The van der Waals surface area contributed by atoms with Gasteiger partial charge < -0.3 is 10.1 Å². The summed E-state index contributed by atoms with van der Waals surface area (Å²) < 4.78 is 4.99. The number of hydrogen-bond acceptors (Lipinski definition) is 2. The Kier molecular flexibility index (Phi) is 8.07. The lowest BCUT2D eigenvalue weighted by molar-refractivity contribution is 0.197. The summed E-state index contributed by atoms with van der Waals surface area (Å²) in [7, 11) is 1.74. The molecular weight excluding hydrogens is 186 g/mol. The van der Waals surface area contributed by atoms with Crippen molar-refractivity contribution in [3.63, 3.8) is 0 Å². The highest BCUT2D eigenvalue weighted by Gasteiger charge is 2.10. The third-order valence-corrected chi connectivity index (χ3v) is 2.60. The first-order valence-corrected chi connectivity index (χ1v) is 6.15. The van der Waals surface area contributed by atoms with E-state index in [1.165, 1.54) is 19.3 Å². The van der Waals surface area contributed by atoms with Gasteiger partial charge in [-0.25, -0.2) is 0 Å². The summed E-state index contributed by atoms with van der Waals surface area (Å²) in [6.07, 6.45) is 4.00. The molecule has 0 spiro atoms. The molecule has 0 amide bonds. The fourth-order valence-corrected chi connectivity index (χ4v) is 1.61. The van der Waals surface area contributed by atoms with Crippen LogP contribution in [0.4, 0.5) is 0 Å². The number of hydrogen-bond donors (Lipinski definition) is 1. The number of methoxy groups -OCH3 is 1. The van der Waals surface area contributed by atoms with Gasteiger partial charge in [-0.3, -0.25) is 0 Å². The molecule has 15 heavy (non-hydrogen) atoms. The standard InChI is InChI=1S/C13H29NO/c1-12(11-14-9-10-15-5)7-6-8-13(2,3)4/h12,14H,6-11H2,1-5H3. The lowest BCUT2D eigenvalue weighted by Crippen LogP contribution is -2.25. The molecule has 92 valence electrons. The smallest absolute Gasteiger partial charge is 0.0587 e. The Morgan fingerprint density at radius 1 is 1.27 bits per heavy atom. The minimum atomic E-state index is 0.489. The van der Waals surface area contributed by atoms with Gasteiger partial charge in [0.15, 0.2) is 0 Å². The first-order valence-electron chi connectivity index (χ1n) is 6.15. The zero-order valence-corrected chi connectivity index (χ0v) is 11.2. The minimum Gasteiger partial charge on any atom is -0.383 e. The van der Waals surface area contributed by atoms with Crippen LogP contribution in [0.25, 0.3) is 0 Å². The SMILES string of the molecule is COCCNCC(C)CCCC(C)(C)C. The van der Waals surface area contributed by atoms with Crippen LogP contribution in [-0.2, 0) is 4.74 Å². The topological polar surface area (TPSA) is 21.3 Å². The molecule has 0 aliphatic heterocycles. The van der Waals surface area contributed by atoms with Crippen molar-refractivity contribution in [1.29, 1.82) is 0 Å². The molecule has 0 heterocycles. The second-order valence-corrected chi connectivity index (χ2v) is 5.75. The summed E-state index contributed by atoms with van der Waals surface area (Å²) >= 11 is 0. The molecule has 1 unspecified atom stereocenters. The van der Waals surface area contributed by atoms with E-state index in [-0.39, 0.29) is 0 Å². The van der Waals surface area contributed by atoms with Crippen LogP contribution < -0.4 is 5.32 Å². The fourth-order valence-electron chi connectivity index (χ4n) is 1.61. The van der Waals surface area contributed by atoms with Crippen molar-refractivity contribution in [3.8, 4) is 0 Å². The van der Waals surface area contributed by atoms with E-state index in [0.717, 1.165) is 25.6 Å². The molecule has 0 saturated carbocycles. The van der Waals surface area contributed by atoms with Crippen LogP contribution in [0.15, 0.2) is 0 Å². The molecule has 0 rings (SSSR count). The molecule has 1 atom stereocenters. The van der Waals surface area contributed by atoms with E-state index in [1.54, 1.807) is 7.11 Å². The summed E-state index contributed by atoms with van der Waals surface area (Å²) in [5, 5.41) is 3.41. The maximum atomic E-state index is 4.99. The largest absolute Gasteiger partial charge is 0.383 e. The van der Waals surface area contributed by atoms with Crippen LogP contribution in [-0.4, -0.2) is 26.8 Å². The summed E-state index contributed by atoms with van der Waals surface area (Å²) in [4.78, 5) is 0. The average molecular weight is 215 g/mol. The van der Waals surface area contributed by atoms with Crippen LogP contribution in [0.2, 0.25) is 0 Å². The van der Waals surface area contributed by atoms with E-state index in [4.69, 9.17) is 4.74 Å². The lowest BCUT2D eigenvalue weighted by atomic mass is 9.88. The van der Waals surface area contributed by atoms with Gasteiger partial charge >= 0.3 is 0 Å². The van der Waals surface area contributed by atoms with Crippen molar-refractivity contribution in [2.45, 2.75) is 47.0 Å². The molecule has 2 nitrogen and oxygen atoms in total. The summed E-state index contributed by atoms with van der Waals surface area (Å²) in [6, 6.07) is 0. The molecule has 0 fully saturated rings. The Bertz CT molecular complexity index is 140. The van der Waals surface area contributed by atoms with Crippen molar-refractivity contribution in [3.05, 3.63) is 0 Å². The Labute approximate surface area is 95.8 Å². The first-order chi connectivity index (χ1) is 6.95. The van der Waals surface area contributed by atoms with Crippen molar-refractivity contribution in [2.75, 3.05) is 26.8 Å². The molecule has 1 N–H and O–H groups in total. The lowest BCUT2D eigenvalue weighted by Gasteiger charge is -2.19. The normalized spacial score (nSPS) is 14.2.